The van der Waals surface area contributed by atoms with Crippen LogP contribution in [0.5, 0.6) is 23.0 Å². The number of hydrogen-bond acceptors (Lipinski definition) is 4. The second-order valence-corrected chi connectivity index (χ2v) is 5.34. The van der Waals surface area contributed by atoms with E-state index >= 15 is 0 Å². The Bertz CT molecular complexity index is 689. The first-order valence-electron chi connectivity index (χ1n) is 7.02. The molecular formula is C18H16Cl2O4. The molecule has 0 fully saturated rings. The standard InChI is InChI=1S/C18H16Cl2O4/c1-21-13-5-7-17(15(19)11-13)23-9-3-4-10-24-18-8-6-14(22-2)12-16(18)20/h5-8,11-12H,9-10H2,1-2H3. The second-order valence-electron chi connectivity index (χ2n) is 4.52. The van der Waals surface area contributed by atoms with Gasteiger partial charge in [0.05, 0.1) is 24.3 Å². The third-order valence-corrected chi connectivity index (χ3v) is 3.59. The van der Waals surface area contributed by atoms with Gasteiger partial charge in [-0.25, -0.2) is 0 Å². The molecule has 0 saturated heterocycles. The van der Waals surface area contributed by atoms with Crippen LogP contribution in [0.1, 0.15) is 0 Å². The quantitative estimate of drug-likeness (QED) is 0.706. The number of benzene rings is 2. The molecule has 4 nitrogen and oxygen atoms in total. The number of methoxy groups -OCH3 is 2. The van der Waals surface area contributed by atoms with E-state index in [1.54, 1.807) is 50.6 Å². The van der Waals surface area contributed by atoms with E-state index in [0.29, 0.717) is 33.0 Å². The Hall–Kier alpha value is -2.22. The molecule has 0 heterocycles. The van der Waals surface area contributed by atoms with Crippen LogP contribution in [0.3, 0.4) is 0 Å². The summed E-state index contributed by atoms with van der Waals surface area (Å²) in [6.45, 7) is 0.400. The Morgan fingerprint density at radius 3 is 1.50 bits per heavy atom. The highest BCUT2D eigenvalue weighted by molar-refractivity contribution is 6.32. The van der Waals surface area contributed by atoms with Crippen LogP contribution in [0.25, 0.3) is 0 Å². The van der Waals surface area contributed by atoms with Gasteiger partial charge in [-0.1, -0.05) is 35.0 Å². The lowest BCUT2D eigenvalue weighted by Crippen LogP contribution is -1.98. The van der Waals surface area contributed by atoms with Gasteiger partial charge in [0.2, 0.25) is 0 Å². The van der Waals surface area contributed by atoms with Crippen molar-refractivity contribution < 1.29 is 18.9 Å². The van der Waals surface area contributed by atoms with Crippen LogP contribution in [-0.2, 0) is 0 Å². The Morgan fingerprint density at radius 2 is 1.17 bits per heavy atom. The summed E-state index contributed by atoms with van der Waals surface area (Å²) in [4.78, 5) is 0. The van der Waals surface area contributed by atoms with Crippen molar-refractivity contribution in [2.45, 2.75) is 0 Å². The zero-order valence-corrected chi connectivity index (χ0v) is 14.8. The normalized spacial score (nSPS) is 9.67. The molecule has 0 unspecified atom stereocenters. The van der Waals surface area contributed by atoms with Crippen LogP contribution in [-0.4, -0.2) is 27.4 Å². The number of rotatable bonds is 6. The van der Waals surface area contributed by atoms with Crippen LogP contribution in [0.4, 0.5) is 0 Å². The minimum absolute atomic E-state index is 0.200. The lowest BCUT2D eigenvalue weighted by atomic mass is 10.3. The van der Waals surface area contributed by atoms with Crippen molar-refractivity contribution in [3.05, 3.63) is 46.4 Å². The fourth-order valence-corrected chi connectivity index (χ4v) is 2.23. The Kier molecular flexibility index (Phi) is 6.92. The maximum atomic E-state index is 6.07. The second kappa shape index (κ2) is 9.17. The summed E-state index contributed by atoms with van der Waals surface area (Å²) in [6, 6.07) is 10.4. The fraction of sp³-hybridized carbons (Fsp3) is 0.222. The molecular weight excluding hydrogens is 351 g/mol. The van der Waals surface area contributed by atoms with Crippen LogP contribution < -0.4 is 18.9 Å². The smallest absolute Gasteiger partial charge is 0.149 e. The first kappa shape index (κ1) is 18.1. The topological polar surface area (TPSA) is 36.9 Å². The van der Waals surface area contributed by atoms with Gasteiger partial charge in [-0.05, 0) is 24.3 Å². The van der Waals surface area contributed by atoms with E-state index in [0.717, 1.165) is 0 Å². The van der Waals surface area contributed by atoms with Crippen LogP contribution in [0.2, 0.25) is 10.0 Å². The maximum Gasteiger partial charge on any atom is 0.149 e. The van der Waals surface area contributed by atoms with Gasteiger partial charge in [0.25, 0.3) is 0 Å². The van der Waals surface area contributed by atoms with Crippen molar-refractivity contribution >= 4 is 23.2 Å². The van der Waals surface area contributed by atoms with Gasteiger partial charge in [0.1, 0.15) is 36.2 Å². The van der Waals surface area contributed by atoms with Gasteiger partial charge in [-0.3, -0.25) is 0 Å². The Morgan fingerprint density at radius 1 is 0.750 bits per heavy atom. The molecule has 24 heavy (non-hydrogen) atoms. The van der Waals surface area contributed by atoms with E-state index in [1.165, 1.54) is 0 Å². The summed E-state index contributed by atoms with van der Waals surface area (Å²) < 4.78 is 21.1. The van der Waals surface area contributed by atoms with E-state index in [4.69, 9.17) is 42.1 Å². The number of hydrogen-bond donors (Lipinski definition) is 0. The van der Waals surface area contributed by atoms with Gasteiger partial charge >= 0.3 is 0 Å². The summed E-state index contributed by atoms with van der Waals surface area (Å²) in [5.74, 6) is 8.13. The molecule has 0 aliphatic rings. The first-order valence-corrected chi connectivity index (χ1v) is 7.78. The third-order valence-electron chi connectivity index (χ3n) is 3.00. The summed E-state index contributed by atoms with van der Waals surface area (Å²) in [5, 5.41) is 0.940. The van der Waals surface area contributed by atoms with Gasteiger partial charge in [0, 0.05) is 12.1 Å². The summed E-state index contributed by atoms with van der Waals surface area (Å²) in [7, 11) is 3.15. The maximum absolute atomic E-state index is 6.07. The zero-order chi connectivity index (χ0) is 17.4. The van der Waals surface area contributed by atoms with E-state index < -0.39 is 0 Å². The fourth-order valence-electron chi connectivity index (χ4n) is 1.78. The van der Waals surface area contributed by atoms with E-state index in [9.17, 15) is 0 Å². The van der Waals surface area contributed by atoms with Gasteiger partial charge in [-0.2, -0.15) is 0 Å². The number of halogens is 2. The highest BCUT2D eigenvalue weighted by Crippen LogP contribution is 2.29. The number of ether oxygens (including phenoxy) is 4. The SMILES string of the molecule is COc1ccc(OCC#CCOc2ccc(OC)cc2Cl)c(Cl)c1. The zero-order valence-electron chi connectivity index (χ0n) is 13.3. The predicted octanol–water partition coefficient (Wildman–Crippen LogP) is 4.47. The van der Waals surface area contributed by atoms with Gasteiger partial charge in [0.15, 0.2) is 0 Å². The lowest BCUT2D eigenvalue weighted by Gasteiger charge is -2.07. The third kappa shape index (κ3) is 5.16. The molecule has 0 bridgehead atoms. The molecule has 0 aliphatic carbocycles. The molecule has 0 radical (unpaired) electrons. The van der Waals surface area contributed by atoms with Crippen LogP contribution >= 0.6 is 23.2 Å². The van der Waals surface area contributed by atoms with Crippen molar-refractivity contribution in [1.29, 1.82) is 0 Å². The summed E-state index contributed by atoms with van der Waals surface area (Å²) in [5.41, 5.74) is 0. The largest absolute Gasteiger partial charge is 0.497 e. The van der Waals surface area contributed by atoms with Crippen molar-refractivity contribution in [2.24, 2.45) is 0 Å². The molecule has 2 aromatic rings. The molecule has 0 atom stereocenters. The average molecular weight is 367 g/mol. The van der Waals surface area contributed by atoms with E-state index in [1.807, 2.05) is 0 Å². The summed E-state index contributed by atoms with van der Waals surface area (Å²) in [6.07, 6.45) is 0. The molecule has 0 aromatic heterocycles. The van der Waals surface area contributed by atoms with Crippen molar-refractivity contribution in [3.8, 4) is 34.8 Å². The van der Waals surface area contributed by atoms with Crippen LogP contribution in [0, 0.1) is 11.8 Å². The monoisotopic (exact) mass is 366 g/mol. The molecule has 0 saturated carbocycles. The molecule has 0 amide bonds. The molecule has 0 N–H and O–H groups in total. The van der Waals surface area contributed by atoms with Crippen LogP contribution in [0.15, 0.2) is 36.4 Å². The Labute approximate surface area is 151 Å². The molecule has 0 spiro atoms. The van der Waals surface area contributed by atoms with Crippen molar-refractivity contribution in [2.75, 3.05) is 27.4 Å². The summed E-state index contributed by atoms with van der Waals surface area (Å²) >= 11 is 12.1. The average Bonchev–Trinajstić information content (AvgIpc) is 2.60. The minimum atomic E-state index is 0.200. The minimum Gasteiger partial charge on any atom is -0.497 e. The Balaban J connectivity index is 1.80. The molecule has 0 aliphatic heterocycles. The van der Waals surface area contributed by atoms with Crippen molar-refractivity contribution in [1.82, 2.24) is 0 Å². The highest BCUT2D eigenvalue weighted by Gasteiger charge is 2.03. The van der Waals surface area contributed by atoms with Crippen molar-refractivity contribution in [3.63, 3.8) is 0 Å². The van der Waals surface area contributed by atoms with E-state index in [-0.39, 0.29) is 13.2 Å². The molecule has 2 aromatic carbocycles. The predicted molar refractivity (Wildman–Crippen MR) is 94.8 cm³/mol. The molecule has 126 valence electrons. The van der Waals surface area contributed by atoms with Gasteiger partial charge < -0.3 is 18.9 Å². The molecule has 2 rings (SSSR count). The van der Waals surface area contributed by atoms with E-state index in [2.05, 4.69) is 11.8 Å². The molecule has 6 heteroatoms. The lowest BCUT2D eigenvalue weighted by molar-refractivity contribution is 0.360. The highest BCUT2D eigenvalue weighted by atomic mass is 35.5. The first-order chi connectivity index (χ1) is 11.6. The van der Waals surface area contributed by atoms with Gasteiger partial charge in [-0.15, -0.1) is 0 Å².